The SMILES string of the molecule is CC(C)C(NC(=O)[C@@H](NC(=O)OCc1ccccc1)C(C)C)C(O)C(F)(F)C(=O)CCc1ccccc1. The van der Waals surface area contributed by atoms with Gasteiger partial charge in [-0.2, -0.15) is 8.78 Å². The van der Waals surface area contributed by atoms with E-state index in [2.05, 4.69) is 10.6 Å². The van der Waals surface area contributed by atoms with E-state index in [4.69, 9.17) is 4.74 Å². The summed E-state index contributed by atoms with van der Waals surface area (Å²) in [5, 5.41) is 15.4. The maximum absolute atomic E-state index is 15.0. The summed E-state index contributed by atoms with van der Waals surface area (Å²) >= 11 is 0. The van der Waals surface area contributed by atoms with Gasteiger partial charge < -0.3 is 20.5 Å². The van der Waals surface area contributed by atoms with E-state index in [1.54, 1.807) is 82.3 Å². The first-order valence-electron chi connectivity index (χ1n) is 12.3. The molecule has 0 aliphatic heterocycles. The number of Topliss-reactive ketones (excluding diaryl/α,β-unsaturated/α-hetero) is 1. The van der Waals surface area contributed by atoms with Crippen molar-refractivity contribution in [3.8, 4) is 0 Å². The maximum Gasteiger partial charge on any atom is 0.408 e. The molecule has 202 valence electrons. The fraction of sp³-hybridized carbons (Fsp3) is 0.464. The summed E-state index contributed by atoms with van der Waals surface area (Å²) in [6, 6.07) is 15.1. The third kappa shape index (κ3) is 8.93. The van der Waals surface area contributed by atoms with Gasteiger partial charge in [-0.25, -0.2) is 4.79 Å². The van der Waals surface area contributed by atoms with Gasteiger partial charge in [0.1, 0.15) is 18.8 Å². The average molecular weight is 519 g/mol. The lowest BCUT2D eigenvalue weighted by Gasteiger charge is -2.33. The van der Waals surface area contributed by atoms with Crippen LogP contribution in [-0.4, -0.2) is 47.0 Å². The van der Waals surface area contributed by atoms with Crippen LogP contribution in [0.5, 0.6) is 0 Å². The molecular formula is C28H36F2N2O5. The van der Waals surface area contributed by atoms with E-state index in [1.165, 1.54) is 0 Å². The van der Waals surface area contributed by atoms with Gasteiger partial charge in [0.25, 0.3) is 0 Å². The predicted octanol–water partition coefficient (Wildman–Crippen LogP) is 4.28. The van der Waals surface area contributed by atoms with Crippen molar-refractivity contribution in [2.75, 3.05) is 0 Å². The highest BCUT2D eigenvalue weighted by molar-refractivity contribution is 5.88. The van der Waals surface area contributed by atoms with E-state index in [-0.39, 0.29) is 13.0 Å². The van der Waals surface area contributed by atoms with Gasteiger partial charge in [-0.05, 0) is 29.4 Å². The lowest BCUT2D eigenvalue weighted by molar-refractivity contribution is -0.167. The molecule has 37 heavy (non-hydrogen) atoms. The number of carbonyl (C=O) groups excluding carboxylic acids is 3. The van der Waals surface area contributed by atoms with Crippen molar-refractivity contribution in [2.45, 2.75) is 71.3 Å². The van der Waals surface area contributed by atoms with Crippen LogP contribution in [0.3, 0.4) is 0 Å². The summed E-state index contributed by atoms with van der Waals surface area (Å²) in [5.74, 6) is -7.30. The molecule has 7 nitrogen and oxygen atoms in total. The van der Waals surface area contributed by atoms with Crippen LogP contribution in [0.4, 0.5) is 13.6 Å². The highest BCUT2D eigenvalue weighted by Crippen LogP contribution is 2.27. The Balaban J connectivity index is 2.03. The van der Waals surface area contributed by atoms with Gasteiger partial charge in [-0.15, -0.1) is 0 Å². The van der Waals surface area contributed by atoms with Gasteiger partial charge >= 0.3 is 12.0 Å². The van der Waals surface area contributed by atoms with E-state index in [1.807, 2.05) is 6.07 Å². The molecule has 0 radical (unpaired) electrons. The van der Waals surface area contributed by atoms with E-state index in [0.29, 0.717) is 0 Å². The topological polar surface area (TPSA) is 105 Å². The van der Waals surface area contributed by atoms with Gasteiger partial charge in [-0.3, -0.25) is 9.59 Å². The number of benzene rings is 2. The zero-order valence-corrected chi connectivity index (χ0v) is 21.6. The molecule has 0 fully saturated rings. The Bertz CT molecular complexity index is 1020. The predicted molar refractivity (Wildman–Crippen MR) is 136 cm³/mol. The van der Waals surface area contributed by atoms with Crippen molar-refractivity contribution in [1.29, 1.82) is 0 Å². The quantitative estimate of drug-likeness (QED) is 0.367. The molecule has 0 aliphatic carbocycles. The number of amides is 2. The number of ether oxygens (including phenoxy) is 1. The number of ketones is 1. The largest absolute Gasteiger partial charge is 0.445 e. The minimum absolute atomic E-state index is 0.0102. The van der Waals surface area contributed by atoms with Gasteiger partial charge in [0.15, 0.2) is 0 Å². The second-order valence-electron chi connectivity index (χ2n) is 9.68. The number of hydrogen-bond acceptors (Lipinski definition) is 5. The average Bonchev–Trinajstić information content (AvgIpc) is 2.87. The first-order valence-corrected chi connectivity index (χ1v) is 12.3. The smallest absolute Gasteiger partial charge is 0.408 e. The molecule has 2 aromatic rings. The van der Waals surface area contributed by atoms with Crippen LogP contribution in [0.15, 0.2) is 60.7 Å². The highest BCUT2D eigenvalue weighted by Gasteiger charge is 2.50. The molecular weight excluding hydrogens is 482 g/mol. The number of hydrogen-bond donors (Lipinski definition) is 3. The van der Waals surface area contributed by atoms with Gasteiger partial charge in [0.2, 0.25) is 11.7 Å². The fourth-order valence-electron chi connectivity index (χ4n) is 3.75. The molecule has 0 aromatic heterocycles. The Morgan fingerprint density at radius 2 is 1.41 bits per heavy atom. The summed E-state index contributed by atoms with van der Waals surface area (Å²) in [4.78, 5) is 37.7. The second kappa shape index (κ2) is 13.8. The van der Waals surface area contributed by atoms with Crippen molar-refractivity contribution in [2.24, 2.45) is 11.8 Å². The van der Waals surface area contributed by atoms with E-state index < -0.39 is 60.2 Å². The number of carbonyl (C=O) groups is 3. The summed E-state index contributed by atoms with van der Waals surface area (Å²) in [6.45, 7) is 6.42. The van der Waals surface area contributed by atoms with Crippen LogP contribution < -0.4 is 10.6 Å². The summed E-state index contributed by atoms with van der Waals surface area (Å²) < 4.78 is 35.1. The van der Waals surface area contributed by atoms with Crippen LogP contribution >= 0.6 is 0 Å². The number of aliphatic hydroxyl groups excluding tert-OH is 1. The maximum atomic E-state index is 15.0. The van der Waals surface area contributed by atoms with E-state index >= 15 is 0 Å². The molecule has 2 rings (SSSR count). The van der Waals surface area contributed by atoms with E-state index in [9.17, 15) is 28.3 Å². The highest BCUT2D eigenvalue weighted by atomic mass is 19.3. The molecule has 0 spiro atoms. The summed E-state index contributed by atoms with van der Waals surface area (Å²) in [7, 11) is 0. The van der Waals surface area contributed by atoms with Crippen LogP contribution in [0.1, 0.15) is 45.2 Å². The van der Waals surface area contributed by atoms with Crippen molar-refractivity contribution < 1.29 is 33.0 Å². The molecule has 3 N–H and O–H groups in total. The van der Waals surface area contributed by atoms with Crippen LogP contribution in [0, 0.1) is 11.8 Å². The lowest BCUT2D eigenvalue weighted by Crippen LogP contribution is -2.60. The first-order chi connectivity index (χ1) is 17.4. The molecule has 9 heteroatoms. The fourth-order valence-corrected chi connectivity index (χ4v) is 3.75. The molecule has 0 aliphatic rings. The number of aryl methyl sites for hydroxylation is 1. The van der Waals surface area contributed by atoms with Crippen molar-refractivity contribution in [1.82, 2.24) is 10.6 Å². The van der Waals surface area contributed by atoms with E-state index in [0.717, 1.165) is 11.1 Å². The monoisotopic (exact) mass is 518 g/mol. The molecule has 0 bridgehead atoms. The van der Waals surface area contributed by atoms with Crippen molar-refractivity contribution in [3.05, 3.63) is 71.8 Å². The van der Waals surface area contributed by atoms with Gasteiger partial charge in [0.05, 0.1) is 6.04 Å². The molecule has 0 saturated heterocycles. The first kappa shape index (κ1) is 29.9. The molecule has 0 saturated carbocycles. The Labute approximate surface area is 216 Å². The van der Waals surface area contributed by atoms with Gasteiger partial charge in [0, 0.05) is 6.42 Å². The standard InChI is InChI=1S/C28H36F2N2O5/c1-18(2)23(25(34)28(29,30)22(33)16-15-20-11-7-5-8-12-20)31-26(35)24(19(3)4)32-27(36)37-17-21-13-9-6-10-14-21/h5-14,18-19,23-25,34H,15-17H2,1-4H3,(H,31,35)(H,32,36)/t23?,24-,25?/m0/s1. The molecule has 0 heterocycles. The lowest BCUT2D eigenvalue weighted by atomic mass is 9.90. The van der Waals surface area contributed by atoms with Crippen molar-refractivity contribution >= 4 is 17.8 Å². The normalized spacial score (nSPS) is 14.1. The number of halogens is 2. The minimum atomic E-state index is -4.08. The number of alkyl carbamates (subject to hydrolysis) is 1. The Kier molecular flexibility index (Phi) is 11.2. The zero-order chi connectivity index (χ0) is 27.6. The van der Waals surface area contributed by atoms with Crippen LogP contribution in [0.2, 0.25) is 0 Å². The molecule has 3 atom stereocenters. The summed E-state index contributed by atoms with van der Waals surface area (Å²) in [5.41, 5.74) is 1.48. The third-order valence-electron chi connectivity index (χ3n) is 6.03. The van der Waals surface area contributed by atoms with Crippen molar-refractivity contribution in [3.63, 3.8) is 0 Å². The Morgan fingerprint density at radius 3 is 1.92 bits per heavy atom. The second-order valence-corrected chi connectivity index (χ2v) is 9.68. The molecule has 2 amide bonds. The third-order valence-corrected chi connectivity index (χ3v) is 6.03. The number of nitrogens with one attached hydrogen (secondary N) is 2. The number of aliphatic hydroxyl groups is 1. The number of alkyl halides is 2. The molecule has 2 unspecified atom stereocenters. The Hall–Kier alpha value is -3.33. The van der Waals surface area contributed by atoms with Crippen LogP contribution in [-0.2, 0) is 27.4 Å². The zero-order valence-electron chi connectivity index (χ0n) is 21.6. The number of rotatable bonds is 13. The minimum Gasteiger partial charge on any atom is -0.445 e. The molecule has 2 aromatic carbocycles. The summed E-state index contributed by atoms with van der Waals surface area (Å²) in [6.07, 6.45) is -3.65. The van der Waals surface area contributed by atoms with Crippen LogP contribution in [0.25, 0.3) is 0 Å². The van der Waals surface area contributed by atoms with Gasteiger partial charge in [-0.1, -0.05) is 88.4 Å². The Morgan fingerprint density at radius 1 is 0.865 bits per heavy atom.